The molecular weight excluding hydrogens is 362 g/mol. The molecule has 28 heavy (non-hydrogen) atoms. The quantitative estimate of drug-likeness (QED) is 0.370. The number of nitrogens with one attached hydrogen (secondary N) is 1. The van der Waals surface area contributed by atoms with E-state index in [0.717, 1.165) is 0 Å². The molecule has 8 nitrogen and oxygen atoms in total. The van der Waals surface area contributed by atoms with E-state index in [1.807, 2.05) is 0 Å². The van der Waals surface area contributed by atoms with Crippen LogP contribution in [0.3, 0.4) is 0 Å². The van der Waals surface area contributed by atoms with Gasteiger partial charge in [-0.3, -0.25) is 9.59 Å². The molecule has 2 amide bonds. The molecule has 2 rings (SSSR count). The number of hydrogen-bond acceptors (Lipinski definition) is 6. The highest BCUT2D eigenvalue weighted by Crippen LogP contribution is 2.28. The van der Waals surface area contributed by atoms with Gasteiger partial charge in [-0.25, -0.2) is 5.43 Å². The number of nitrogens with zero attached hydrogens (tertiary/aromatic N) is 1. The summed E-state index contributed by atoms with van der Waals surface area (Å²) in [5, 5.41) is 3.93. The van der Waals surface area contributed by atoms with Crippen LogP contribution in [0.15, 0.2) is 60.2 Å². The number of hydrogen-bond donors (Lipinski definition) is 2. The van der Waals surface area contributed by atoms with Crippen LogP contribution in [0.25, 0.3) is 0 Å². The Morgan fingerprint density at radius 1 is 1.14 bits per heavy atom. The van der Waals surface area contributed by atoms with Crippen molar-refractivity contribution >= 4 is 18.0 Å². The largest absolute Gasteiger partial charge is 0.493 e. The Morgan fingerprint density at radius 3 is 2.64 bits per heavy atom. The SMILES string of the molecule is C=CCOc1ccc(C(=O)N/N=C/c2ccccc2OCC(N)=O)cc1OC. The third kappa shape index (κ3) is 5.87. The zero-order valence-corrected chi connectivity index (χ0v) is 15.4. The summed E-state index contributed by atoms with van der Waals surface area (Å²) >= 11 is 0. The van der Waals surface area contributed by atoms with Gasteiger partial charge in [-0.1, -0.05) is 24.8 Å². The van der Waals surface area contributed by atoms with Crippen LogP contribution in [0, 0.1) is 0 Å². The van der Waals surface area contributed by atoms with Crippen LogP contribution >= 0.6 is 0 Å². The maximum absolute atomic E-state index is 12.3. The summed E-state index contributed by atoms with van der Waals surface area (Å²) in [6.07, 6.45) is 3.02. The lowest BCUT2D eigenvalue weighted by molar-refractivity contribution is -0.119. The monoisotopic (exact) mass is 383 g/mol. The van der Waals surface area contributed by atoms with Gasteiger partial charge in [0.2, 0.25) is 0 Å². The number of hydrazone groups is 1. The topological polar surface area (TPSA) is 112 Å². The number of para-hydroxylation sites is 1. The maximum Gasteiger partial charge on any atom is 0.271 e. The maximum atomic E-state index is 12.3. The molecule has 3 N–H and O–H groups in total. The number of rotatable bonds is 10. The molecule has 8 heteroatoms. The van der Waals surface area contributed by atoms with Crippen LogP contribution in [0.2, 0.25) is 0 Å². The van der Waals surface area contributed by atoms with Crippen LogP contribution in [0.1, 0.15) is 15.9 Å². The summed E-state index contributed by atoms with van der Waals surface area (Å²) in [7, 11) is 1.49. The number of methoxy groups -OCH3 is 1. The van der Waals surface area contributed by atoms with Crippen molar-refractivity contribution in [3.05, 3.63) is 66.2 Å². The molecule has 0 atom stereocenters. The predicted octanol–water partition coefficient (Wildman–Crippen LogP) is 1.89. The summed E-state index contributed by atoms with van der Waals surface area (Å²) < 4.78 is 16.0. The Morgan fingerprint density at radius 2 is 1.93 bits per heavy atom. The minimum Gasteiger partial charge on any atom is -0.493 e. The van der Waals surface area contributed by atoms with Crippen molar-refractivity contribution in [2.24, 2.45) is 10.8 Å². The Kier molecular flexibility index (Phi) is 7.59. The van der Waals surface area contributed by atoms with Gasteiger partial charge in [-0.05, 0) is 30.3 Å². The van der Waals surface area contributed by atoms with Gasteiger partial charge < -0.3 is 19.9 Å². The van der Waals surface area contributed by atoms with Gasteiger partial charge in [-0.2, -0.15) is 5.10 Å². The molecule has 0 fully saturated rings. The van der Waals surface area contributed by atoms with Gasteiger partial charge in [0.15, 0.2) is 18.1 Å². The summed E-state index contributed by atoms with van der Waals surface area (Å²) in [5.41, 5.74) is 8.43. The second kappa shape index (κ2) is 10.4. The van der Waals surface area contributed by atoms with Gasteiger partial charge in [0.05, 0.1) is 13.3 Å². The van der Waals surface area contributed by atoms with E-state index in [1.165, 1.54) is 13.3 Å². The van der Waals surface area contributed by atoms with E-state index in [2.05, 4.69) is 17.1 Å². The van der Waals surface area contributed by atoms with Crippen molar-refractivity contribution < 1.29 is 23.8 Å². The van der Waals surface area contributed by atoms with Crippen LogP contribution < -0.4 is 25.4 Å². The number of primary amides is 1. The first-order valence-corrected chi connectivity index (χ1v) is 8.30. The zero-order chi connectivity index (χ0) is 20.4. The van der Waals surface area contributed by atoms with Crippen LogP contribution in [0.5, 0.6) is 17.2 Å². The van der Waals surface area contributed by atoms with Crippen molar-refractivity contribution in [1.82, 2.24) is 5.43 Å². The molecule has 0 aromatic heterocycles. The number of amides is 2. The third-order valence-corrected chi connectivity index (χ3v) is 3.44. The van der Waals surface area contributed by atoms with Crippen LogP contribution in [-0.2, 0) is 4.79 Å². The fourth-order valence-corrected chi connectivity index (χ4v) is 2.17. The lowest BCUT2D eigenvalue weighted by Gasteiger charge is -2.10. The molecule has 0 radical (unpaired) electrons. The zero-order valence-electron chi connectivity index (χ0n) is 15.4. The fraction of sp³-hybridized carbons (Fsp3) is 0.150. The van der Waals surface area contributed by atoms with Gasteiger partial charge in [0, 0.05) is 11.1 Å². The minimum atomic E-state index is -0.588. The molecule has 2 aromatic carbocycles. The number of carbonyl (C=O) groups excluding carboxylic acids is 2. The molecule has 0 saturated heterocycles. The molecule has 0 saturated carbocycles. The van der Waals surface area contributed by atoms with E-state index in [4.69, 9.17) is 19.9 Å². The van der Waals surface area contributed by atoms with Crippen LogP contribution in [-0.4, -0.2) is 38.4 Å². The summed E-state index contributed by atoms with van der Waals surface area (Å²) in [6, 6.07) is 11.7. The van der Waals surface area contributed by atoms with Crippen molar-refractivity contribution in [3.63, 3.8) is 0 Å². The molecular formula is C20H21N3O5. The number of nitrogens with two attached hydrogens (primary N) is 1. The highest BCUT2D eigenvalue weighted by atomic mass is 16.5. The number of benzene rings is 2. The van der Waals surface area contributed by atoms with Gasteiger partial charge in [0.25, 0.3) is 11.8 Å². The predicted molar refractivity (Wildman–Crippen MR) is 105 cm³/mol. The van der Waals surface area contributed by atoms with E-state index in [0.29, 0.717) is 35.0 Å². The van der Waals surface area contributed by atoms with E-state index >= 15 is 0 Å². The van der Waals surface area contributed by atoms with Crippen molar-refractivity contribution in [2.75, 3.05) is 20.3 Å². The average Bonchev–Trinajstić information content (AvgIpc) is 2.71. The van der Waals surface area contributed by atoms with Crippen LogP contribution in [0.4, 0.5) is 0 Å². The molecule has 0 aliphatic heterocycles. The molecule has 0 heterocycles. The van der Waals surface area contributed by atoms with E-state index in [1.54, 1.807) is 48.5 Å². The molecule has 0 bridgehead atoms. The molecule has 0 spiro atoms. The lowest BCUT2D eigenvalue weighted by Crippen LogP contribution is -2.20. The highest BCUT2D eigenvalue weighted by molar-refractivity contribution is 5.95. The molecule has 0 aliphatic rings. The number of ether oxygens (including phenoxy) is 3. The summed E-state index contributed by atoms with van der Waals surface area (Å²) in [6.45, 7) is 3.65. The summed E-state index contributed by atoms with van der Waals surface area (Å²) in [5.74, 6) is 0.325. The molecule has 0 aliphatic carbocycles. The van der Waals surface area contributed by atoms with E-state index in [9.17, 15) is 9.59 Å². The Bertz CT molecular complexity index is 880. The van der Waals surface area contributed by atoms with Gasteiger partial charge >= 0.3 is 0 Å². The average molecular weight is 383 g/mol. The highest BCUT2D eigenvalue weighted by Gasteiger charge is 2.11. The summed E-state index contributed by atoms with van der Waals surface area (Å²) in [4.78, 5) is 23.2. The first-order valence-electron chi connectivity index (χ1n) is 8.30. The van der Waals surface area contributed by atoms with Crippen molar-refractivity contribution in [2.45, 2.75) is 0 Å². The first-order chi connectivity index (χ1) is 13.5. The second-order valence-electron chi connectivity index (χ2n) is 5.46. The van der Waals surface area contributed by atoms with Crippen molar-refractivity contribution in [1.29, 1.82) is 0 Å². The minimum absolute atomic E-state index is 0.253. The Labute approximate surface area is 162 Å². The smallest absolute Gasteiger partial charge is 0.271 e. The standard InChI is InChI=1S/C20H21N3O5/c1-3-10-27-17-9-8-14(11-18(17)26-2)20(25)23-22-12-15-6-4-5-7-16(15)28-13-19(21)24/h3-9,11-12H,1,10,13H2,2H3,(H2,21,24)(H,23,25)/b22-12+. The molecule has 146 valence electrons. The Balaban J connectivity index is 2.06. The van der Waals surface area contributed by atoms with E-state index < -0.39 is 11.8 Å². The molecule has 0 unspecified atom stereocenters. The Hall–Kier alpha value is -3.81. The second-order valence-corrected chi connectivity index (χ2v) is 5.46. The van der Waals surface area contributed by atoms with Gasteiger partial charge in [-0.15, -0.1) is 0 Å². The molecule has 2 aromatic rings. The normalized spacial score (nSPS) is 10.3. The number of carbonyl (C=O) groups is 2. The van der Waals surface area contributed by atoms with Gasteiger partial charge in [0.1, 0.15) is 12.4 Å². The third-order valence-electron chi connectivity index (χ3n) is 3.44. The van der Waals surface area contributed by atoms with E-state index in [-0.39, 0.29) is 6.61 Å². The fourth-order valence-electron chi connectivity index (χ4n) is 2.17. The first kappa shape index (κ1) is 20.5. The lowest BCUT2D eigenvalue weighted by atomic mass is 10.2. The van der Waals surface area contributed by atoms with Crippen molar-refractivity contribution in [3.8, 4) is 17.2 Å².